The topological polar surface area (TPSA) is 113 Å². The summed E-state index contributed by atoms with van der Waals surface area (Å²) in [6.45, 7) is 3.16. The standard InChI is InChI=1S/C12H14Cl3N3O5S/c1-3-21-10(19)7(18-23-4-2)6-8(16)24-9(17-6)11(20)22-5-12(13,14)15/h3-5,16H2,1-2H3/b18-7+. The summed E-state index contributed by atoms with van der Waals surface area (Å²) < 4.78 is 7.91. The monoisotopic (exact) mass is 417 g/mol. The minimum absolute atomic E-state index is 0.0484. The van der Waals surface area contributed by atoms with Gasteiger partial charge in [-0.2, -0.15) is 0 Å². The van der Waals surface area contributed by atoms with E-state index < -0.39 is 22.3 Å². The number of oxime groups is 1. The molecule has 24 heavy (non-hydrogen) atoms. The van der Waals surface area contributed by atoms with Gasteiger partial charge in [0.1, 0.15) is 23.9 Å². The second-order valence-corrected chi connectivity index (χ2v) is 7.55. The van der Waals surface area contributed by atoms with Gasteiger partial charge in [0.15, 0.2) is 0 Å². The maximum absolute atomic E-state index is 11.9. The Kier molecular flexibility index (Phi) is 8.01. The predicted molar refractivity (Wildman–Crippen MR) is 91.9 cm³/mol. The summed E-state index contributed by atoms with van der Waals surface area (Å²) in [6, 6.07) is 0. The molecular formula is C12H14Cl3N3O5S. The normalized spacial score (nSPS) is 12.0. The Bertz CT molecular complexity index is 630. The first-order valence-electron chi connectivity index (χ1n) is 6.57. The van der Waals surface area contributed by atoms with E-state index in [1.807, 2.05) is 0 Å². The second-order valence-electron chi connectivity index (χ2n) is 4.00. The van der Waals surface area contributed by atoms with Crippen molar-refractivity contribution < 1.29 is 23.9 Å². The lowest BCUT2D eigenvalue weighted by Gasteiger charge is -2.09. The third kappa shape index (κ3) is 6.31. The summed E-state index contributed by atoms with van der Waals surface area (Å²) in [7, 11) is 0. The van der Waals surface area contributed by atoms with Crippen LogP contribution in [0.25, 0.3) is 0 Å². The van der Waals surface area contributed by atoms with Crippen molar-refractivity contribution in [1.82, 2.24) is 4.98 Å². The van der Waals surface area contributed by atoms with Crippen LogP contribution in [0.5, 0.6) is 0 Å². The Labute approximate surface area is 156 Å². The van der Waals surface area contributed by atoms with Crippen molar-refractivity contribution in [2.75, 3.05) is 25.6 Å². The Hall–Kier alpha value is -1.29. The van der Waals surface area contributed by atoms with Gasteiger partial charge in [-0.1, -0.05) is 51.3 Å². The molecule has 0 saturated carbocycles. The van der Waals surface area contributed by atoms with Crippen LogP contribution in [0.3, 0.4) is 0 Å². The Morgan fingerprint density at radius 1 is 1.25 bits per heavy atom. The molecule has 0 saturated heterocycles. The van der Waals surface area contributed by atoms with Crippen LogP contribution in [0.2, 0.25) is 0 Å². The van der Waals surface area contributed by atoms with Gasteiger partial charge in [-0.05, 0) is 13.8 Å². The van der Waals surface area contributed by atoms with Crippen molar-refractivity contribution in [3.63, 3.8) is 0 Å². The minimum atomic E-state index is -1.76. The van der Waals surface area contributed by atoms with Crippen LogP contribution in [-0.4, -0.2) is 46.2 Å². The second kappa shape index (κ2) is 9.26. The molecule has 0 unspecified atom stereocenters. The SMILES string of the molecule is CCO/N=C(/C(=O)OCC)c1nc(C(=O)OCC(Cl)(Cl)Cl)sc1N. The summed E-state index contributed by atoms with van der Waals surface area (Å²) in [4.78, 5) is 32.6. The minimum Gasteiger partial charge on any atom is -0.461 e. The molecule has 0 aromatic carbocycles. The van der Waals surface area contributed by atoms with Gasteiger partial charge in [0.05, 0.1) is 6.61 Å². The number of nitrogen functional groups attached to an aromatic ring is 1. The highest BCUT2D eigenvalue weighted by Gasteiger charge is 2.28. The quantitative estimate of drug-likeness (QED) is 0.313. The van der Waals surface area contributed by atoms with E-state index in [0.29, 0.717) is 0 Å². The van der Waals surface area contributed by atoms with E-state index >= 15 is 0 Å². The molecular weight excluding hydrogens is 405 g/mol. The van der Waals surface area contributed by atoms with Crippen molar-refractivity contribution in [3.8, 4) is 0 Å². The van der Waals surface area contributed by atoms with E-state index in [4.69, 9.17) is 54.8 Å². The predicted octanol–water partition coefficient (Wildman–Crippen LogP) is 2.56. The molecule has 0 atom stereocenters. The number of esters is 2. The molecule has 8 nitrogen and oxygen atoms in total. The van der Waals surface area contributed by atoms with Gasteiger partial charge >= 0.3 is 11.9 Å². The highest BCUT2D eigenvalue weighted by atomic mass is 35.6. The molecule has 0 spiro atoms. The van der Waals surface area contributed by atoms with Crippen molar-refractivity contribution >= 4 is 68.8 Å². The fraction of sp³-hybridized carbons (Fsp3) is 0.500. The molecule has 2 N–H and O–H groups in total. The largest absolute Gasteiger partial charge is 0.461 e. The fourth-order valence-corrected chi connectivity index (χ4v) is 2.19. The van der Waals surface area contributed by atoms with Crippen LogP contribution >= 0.6 is 46.1 Å². The summed E-state index contributed by atoms with van der Waals surface area (Å²) in [5, 5.41) is 3.56. The van der Waals surface area contributed by atoms with E-state index in [9.17, 15) is 9.59 Å². The van der Waals surface area contributed by atoms with Gasteiger partial charge < -0.3 is 20.0 Å². The zero-order chi connectivity index (χ0) is 18.3. The lowest BCUT2D eigenvalue weighted by molar-refractivity contribution is -0.135. The first-order valence-corrected chi connectivity index (χ1v) is 8.52. The molecule has 0 amide bonds. The molecule has 1 heterocycles. The number of hydrogen-bond acceptors (Lipinski definition) is 9. The van der Waals surface area contributed by atoms with Crippen molar-refractivity contribution in [2.45, 2.75) is 17.6 Å². The van der Waals surface area contributed by atoms with Crippen molar-refractivity contribution in [3.05, 3.63) is 10.7 Å². The molecule has 1 aromatic heterocycles. The number of alkyl halides is 3. The molecule has 12 heteroatoms. The number of carbonyl (C=O) groups is 2. The van der Waals surface area contributed by atoms with Crippen LogP contribution in [-0.2, 0) is 19.1 Å². The summed E-state index contributed by atoms with van der Waals surface area (Å²) in [5.41, 5.74) is 5.49. The zero-order valence-corrected chi connectivity index (χ0v) is 15.8. The Balaban J connectivity index is 3.04. The number of anilines is 1. The fourth-order valence-electron chi connectivity index (χ4n) is 1.30. The number of aromatic nitrogens is 1. The lowest BCUT2D eigenvalue weighted by Crippen LogP contribution is -2.21. The number of thiazole rings is 1. The number of ether oxygens (including phenoxy) is 2. The maximum atomic E-state index is 11.9. The highest BCUT2D eigenvalue weighted by Crippen LogP contribution is 2.28. The molecule has 1 aromatic rings. The number of hydrogen-bond donors (Lipinski definition) is 1. The average Bonchev–Trinajstić information content (AvgIpc) is 2.87. The Morgan fingerprint density at radius 2 is 1.92 bits per heavy atom. The van der Waals surface area contributed by atoms with E-state index in [1.165, 1.54) is 0 Å². The molecule has 0 radical (unpaired) electrons. The van der Waals surface area contributed by atoms with Gasteiger partial charge in [-0.15, -0.1) is 0 Å². The van der Waals surface area contributed by atoms with Crippen molar-refractivity contribution in [1.29, 1.82) is 0 Å². The van der Waals surface area contributed by atoms with Gasteiger partial charge in [0.2, 0.25) is 14.5 Å². The lowest BCUT2D eigenvalue weighted by atomic mass is 10.3. The van der Waals surface area contributed by atoms with Crippen molar-refractivity contribution in [2.24, 2.45) is 5.16 Å². The number of carbonyl (C=O) groups excluding carboxylic acids is 2. The molecule has 0 bridgehead atoms. The van der Waals surface area contributed by atoms with E-state index in [1.54, 1.807) is 13.8 Å². The number of rotatable bonds is 7. The molecule has 0 fully saturated rings. The Morgan fingerprint density at radius 3 is 2.46 bits per heavy atom. The number of nitrogens with zero attached hydrogens (tertiary/aromatic N) is 2. The molecule has 134 valence electrons. The number of nitrogens with two attached hydrogens (primary N) is 1. The van der Waals surface area contributed by atoms with Gasteiger partial charge in [0.25, 0.3) is 0 Å². The van der Waals surface area contributed by atoms with E-state index in [-0.39, 0.29) is 34.6 Å². The van der Waals surface area contributed by atoms with Gasteiger partial charge in [-0.3, -0.25) is 0 Å². The third-order valence-electron chi connectivity index (χ3n) is 2.17. The molecule has 1 rings (SSSR count). The third-order valence-corrected chi connectivity index (χ3v) is 3.36. The summed E-state index contributed by atoms with van der Waals surface area (Å²) in [5.74, 6) is -1.65. The molecule has 0 aliphatic rings. The molecule has 0 aliphatic carbocycles. The van der Waals surface area contributed by atoms with E-state index in [0.717, 1.165) is 11.3 Å². The van der Waals surface area contributed by atoms with Crippen LogP contribution in [0.4, 0.5) is 5.00 Å². The van der Waals surface area contributed by atoms with Crippen LogP contribution in [0, 0.1) is 0 Å². The molecule has 0 aliphatic heterocycles. The maximum Gasteiger partial charge on any atom is 0.367 e. The smallest absolute Gasteiger partial charge is 0.367 e. The van der Waals surface area contributed by atoms with Crippen LogP contribution < -0.4 is 5.73 Å². The summed E-state index contributed by atoms with van der Waals surface area (Å²) >= 11 is 17.3. The van der Waals surface area contributed by atoms with Gasteiger partial charge in [-0.25, -0.2) is 14.6 Å². The van der Waals surface area contributed by atoms with Crippen LogP contribution in [0.15, 0.2) is 5.16 Å². The summed E-state index contributed by atoms with van der Waals surface area (Å²) in [6.07, 6.45) is 0. The van der Waals surface area contributed by atoms with Gasteiger partial charge in [0, 0.05) is 0 Å². The zero-order valence-electron chi connectivity index (χ0n) is 12.7. The number of halogens is 3. The van der Waals surface area contributed by atoms with E-state index in [2.05, 4.69) is 10.1 Å². The average molecular weight is 419 g/mol. The first kappa shape index (κ1) is 20.8. The highest BCUT2D eigenvalue weighted by molar-refractivity contribution is 7.17. The first-order chi connectivity index (χ1) is 11.2. The van der Waals surface area contributed by atoms with Crippen LogP contribution in [0.1, 0.15) is 29.3 Å².